The monoisotopic (exact) mass is 426 g/mol. The van der Waals surface area contributed by atoms with Gasteiger partial charge in [0, 0.05) is 29.2 Å². The van der Waals surface area contributed by atoms with Gasteiger partial charge in [-0.05, 0) is 55.7 Å². The Balaban J connectivity index is 1.34. The van der Waals surface area contributed by atoms with E-state index in [1.165, 1.54) is 0 Å². The Labute approximate surface area is 180 Å². The molecule has 2 aromatic rings. The molecule has 4 aliphatic rings. The summed E-state index contributed by atoms with van der Waals surface area (Å²) in [4.78, 5) is 27.0. The van der Waals surface area contributed by atoms with E-state index in [4.69, 9.17) is 9.47 Å². The van der Waals surface area contributed by atoms with Crippen molar-refractivity contribution in [3.05, 3.63) is 46.2 Å². The first-order chi connectivity index (χ1) is 14.5. The second-order valence-corrected chi connectivity index (χ2v) is 9.61. The van der Waals surface area contributed by atoms with E-state index in [9.17, 15) is 9.59 Å². The standard InChI is InChI=1S/C23H26N2O4S/c1-13(20-4-3-9-30-20)24-21(26)18-10-15-6-5-14(18)12-23(15)25-22(27)17-8-7-16(28-2)11-19(17)29-23/h3-4,7-9,11,13-15,18H,5-6,10,12H2,1-2H3,(H,24,26)(H,25,27)/t13-,14+,15-,18-,23-/m0/s1. The summed E-state index contributed by atoms with van der Waals surface area (Å²) in [6, 6.07) is 9.35. The Bertz CT molecular complexity index is 976. The van der Waals surface area contributed by atoms with Crippen molar-refractivity contribution in [2.75, 3.05) is 7.11 Å². The van der Waals surface area contributed by atoms with Crippen LogP contribution in [0.4, 0.5) is 0 Å². The van der Waals surface area contributed by atoms with Crippen molar-refractivity contribution >= 4 is 23.2 Å². The predicted octanol–water partition coefficient (Wildman–Crippen LogP) is 3.89. The summed E-state index contributed by atoms with van der Waals surface area (Å²) in [5.74, 6) is 1.50. The summed E-state index contributed by atoms with van der Waals surface area (Å²) in [5, 5.41) is 8.37. The molecule has 2 N–H and O–H groups in total. The van der Waals surface area contributed by atoms with E-state index in [0.29, 0.717) is 23.5 Å². The number of thiophene rings is 1. The van der Waals surface area contributed by atoms with Crippen LogP contribution in [0.25, 0.3) is 0 Å². The number of amides is 2. The van der Waals surface area contributed by atoms with Gasteiger partial charge in [0.15, 0.2) is 5.72 Å². The zero-order valence-corrected chi connectivity index (χ0v) is 18.0. The molecule has 2 amide bonds. The molecule has 6 nitrogen and oxygen atoms in total. The normalized spacial score (nSPS) is 30.2. The van der Waals surface area contributed by atoms with Crippen LogP contribution >= 0.6 is 11.3 Å². The molecular weight excluding hydrogens is 400 g/mol. The summed E-state index contributed by atoms with van der Waals surface area (Å²) in [7, 11) is 1.60. The number of benzene rings is 1. The molecule has 1 spiro atoms. The molecule has 0 saturated heterocycles. The number of carbonyl (C=O) groups excluding carboxylic acids is 2. The third-order valence-corrected chi connectivity index (χ3v) is 7.99. The van der Waals surface area contributed by atoms with E-state index < -0.39 is 5.72 Å². The molecule has 6 rings (SSSR count). The van der Waals surface area contributed by atoms with E-state index in [0.717, 1.165) is 24.1 Å². The summed E-state index contributed by atoms with van der Waals surface area (Å²) in [6.07, 6.45) is 3.33. The molecule has 1 aliphatic heterocycles. The average Bonchev–Trinajstić information content (AvgIpc) is 3.28. The molecule has 2 heterocycles. The molecule has 1 aromatic carbocycles. The third kappa shape index (κ3) is 3.16. The van der Waals surface area contributed by atoms with Crippen LogP contribution in [0.1, 0.15) is 53.9 Å². The Kier molecular flexibility index (Phi) is 4.73. The number of methoxy groups -OCH3 is 1. The van der Waals surface area contributed by atoms with Gasteiger partial charge in [0.1, 0.15) is 11.5 Å². The molecule has 5 atom stereocenters. The van der Waals surface area contributed by atoms with Gasteiger partial charge >= 0.3 is 0 Å². The third-order valence-electron chi connectivity index (χ3n) is 6.93. The van der Waals surface area contributed by atoms with E-state index >= 15 is 0 Å². The summed E-state index contributed by atoms with van der Waals surface area (Å²) >= 11 is 1.66. The number of rotatable bonds is 4. The fourth-order valence-corrected chi connectivity index (χ4v) is 6.10. The lowest BCUT2D eigenvalue weighted by Gasteiger charge is -2.55. The van der Waals surface area contributed by atoms with Crippen LogP contribution in [-0.4, -0.2) is 24.6 Å². The van der Waals surface area contributed by atoms with Gasteiger partial charge in [-0.1, -0.05) is 6.07 Å². The number of fused-ring (bicyclic) bond motifs is 3. The number of hydrogen-bond acceptors (Lipinski definition) is 5. The molecule has 7 heteroatoms. The Morgan fingerprint density at radius 3 is 2.93 bits per heavy atom. The zero-order valence-electron chi connectivity index (χ0n) is 17.1. The molecule has 2 bridgehead atoms. The van der Waals surface area contributed by atoms with Crippen LogP contribution in [0.5, 0.6) is 11.5 Å². The van der Waals surface area contributed by atoms with Gasteiger partial charge in [0.25, 0.3) is 5.91 Å². The fourth-order valence-electron chi connectivity index (χ4n) is 5.37. The van der Waals surface area contributed by atoms with Crippen molar-refractivity contribution in [3.63, 3.8) is 0 Å². The van der Waals surface area contributed by atoms with E-state index in [1.807, 2.05) is 18.4 Å². The SMILES string of the molecule is COc1ccc2c(c1)O[C@]1(C[C@H]3CC[C@H]1C[C@@H]3C(=O)N[C@@H](C)c1cccs1)NC2=O. The molecule has 0 radical (unpaired) electrons. The van der Waals surface area contributed by atoms with Gasteiger partial charge < -0.3 is 20.1 Å². The second kappa shape index (κ2) is 7.30. The minimum atomic E-state index is -0.727. The Morgan fingerprint density at radius 1 is 1.37 bits per heavy atom. The fraction of sp³-hybridized carbons (Fsp3) is 0.478. The lowest BCUT2D eigenvalue weighted by Crippen LogP contribution is -2.67. The van der Waals surface area contributed by atoms with Crippen LogP contribution < -0.4 is 20.1 Å². The van der Waals surface area contributed by atoms with Crippen molar-refractivity contribution in [2.24, 2.45) is 17.8 Å². The molecule has 3 aliphatic carbocycles. The summed E-state index contributed by atoms with van der Waals surface area (Å²) in [6.45, 7) is 2.03. The second-order valence-electron chi connectivity index (χ2n) is 8.63. The van der Waals surface area contributed by atoms with Crippen LogP contribution in [0, 0.1) is 17.8 Å². The summed E-state index contributed by atoms with van der Waals surface area (Å²) < 4.78 is 11.7. The quantitative estimate of drug-likeness (QED) is 0.778. The first-order valence-electron chi connectivity index (χ1n) is 10.5. The minimum Gasteiger partial charge on any atom is -0.497 e. The zero-order chi connectivity index (χ0) is 20.9. The van der Waals surface area contributed by atoms with Crippen LogP contribution in [0.15, 0.2) is 35.7 Å². The first-order valence-corrected chi connectivity index (χ1v) is 11.4. The van der Waals surface area contributed by atoms with Gasteiger partial charge in [-0.3, -0.25) is 9.59 Å². The average molecular weight is 427 g/mol. The number of nitrogens with one attached hydrogen (secondary N) is 2. The summed E-state index contributed by atoms with van der Waals surface area (Å²) in [5.41, 5.74) is -0.197. The number of hydrogen-bond donors (Lipinski definition) is 2. The van der Waals surface area contributed by atoms with Gasteiger partial charge in [-0.15, -0.1) is 11.3 Å². The van der Waals surface area contributed by atoms with Crippen LogP contribution in [0.2, 0.25) is 0 Å². The van der Waals surface area contributed by atoms with Crippen molar-refractivity contribution in [2.45, 2.75) is 44.4 Å². The molecule has 30 heavy (non-hydrogen) atoms. The number of ether oxygens (including phenoxy) is 2. The largest absolute Gasteiger partial charge is 0.497 e. The Hall–Kier alpha value is -2.54. The molecule has 3 saturated carbocycles. The van der Waals surface area contributed by atoms with E-state index in [2.05, 4.69) is 16.7 Å². The smallest absolute Gasteiger partial charge is 0.258 e. The van der Waals surface area contributed by atoms with Gasteiger partial charge in [0.2, 0.25) is 5.91 Å². The molecule has 0 unspecified atom stereocenters. The van der Waals surface area contributed by atoms with Crippen molar-refractivity contribution in [1.82, 2.24) is 10.6 Å². The molecule has 1 aromatic heterocycles. The van der Waals surface area contributed by atoms with E-state index in [1.54, 1.807) is 36.6 Å². The van der Waals surface area contributed by atoms with Crippen molar-refractivity contribution in [3.8, 4) is 11.5 Å². The number of carbonyl (C=O) groups is 2. The molecule has 3 fully saturated rings. The highest BCUT2D eigenvalue weighted by atomic mass is 32.1. The highest BCUT2D eigenvalue weighted by Crippen LogP contribution is 2.52. The topological polar surface area (TPSA) is 76.7 Å². The first kappa shape index (κ1) is 19.4. The van der Waals surface area contributed by atoms with Crippen LogP contribution in [-0.2, 0) is 4.79 Å². The minimum absolute atomic E-state index is 0.0110. The van der Waals surface area contributed by atoms with Crippen molar-refractivity contribution < 1.29 is 19.1 Å². The lowest BCUT2D eigenvalue weighted by molar-refractivity contribution is -0.147. The molecular formula is C23H26N2O4S. The van der Waals surface area contributed by atoms with Gasteiger partial charge in [-0.2, -0.15) is 0 Å². The highest BCUT2D eigenvalue weighted by molar-refractivity contribution is 7.10. The van der Waals surface area contributed by atoms with Crippen molar-refractivity contribution in [1.29, 1.82) is 0 Å². The molecule has 158 valence electrons. The maximum Gasteiger partial charge on any atom is 0.258 e. The van der Waals surface area contributed by atoms with Gasteiger partial charge in [-0.25, -0.2) is 0 Å². The maximum absolute atomic E-state index is 13.1. The Morgan fingerprint density at radius 2 is 2.23 bits per heavy atom. The van der Waals surface area contributed by atoms with E-state index in [-0.39, 0.29) is 35.6 Å². The predicted molar refractivity (Wildman–Crippen MR) is 114 cm³/mol. The highest BCUT2D eigenvalue weighted by Gasteiger charge is 2.57. The van der Waals surface area contributed by atoms with Crippen LogP contribution in [0.3, 0.4) is 0 Å². The van der Waals surface area contributed by atoms with Gasteiger partial charge in [0.05, 0.1) is 18.7 Å². The maximum atomic E-state index is 13.1. The lowest BCUT2D eigenvalue weighted by atomic mass is 9.60.